The predicted octanol–water partition coefficient (Wildman–Crippen LogP) is 3.16. The van der Waals surface area contributed by atoms with Gasteiger partial charge in [0, 0.05) is 6.61 Å². The quantitative estimate of drug-likeness (QED) is 0.684. The van der Waals surface area contributed by atoms with Gasteiger partial charge in [-0.3, -0.25) is 0 Å². The molecule has 0 amide bonds. The highest BCUT2D eigenvalue weighted by atomic mass is 16.5. The van der Waals surface area contributed by atoms with Gasteiger partial charge in [-0.25, -0.2) is 0 Å². The number of hydrogen-bond donors (Lipinski definition) is 1. The van der Waals surface area contributed by atoms with Crippen LogP contribution in [0.3, 0.4) is 0 Å². The molecule has 0 bridgehead atoms. The van der Waals surface area contributed by atoms with Crippen molar-refractivity contribution in [3.05, 3.63) is 29.8 Å². The predicted molar refractivity (Wildman–Crippen MR) is 75.1 cm³/mol. The number of methoxy groups -OCH3 is 1. The van der Waals surface area contributed by atoms with Crippen molar-refractivity contribution in [2.45, 2.75) is 32.7 Å². The Morgan fingerprint density at radius 1 is 1.28 bits per heavy atom. The second-order valence-corrected chi connectivity index (χ2v) is 4.32. The lowest BCUT2D eigenvalue weighted by molar-refractivity contribution is 0.109. The number of likely N-dealkylation sites (N-methyl/N-ethyl adjacent to an activating group) is 1. The van der Waals surface area contributed by atoms with Crippen molar-refractivity contribution in [1.82, 2.24) is 5.32 Å². The smallest absolute Gasteiger partial charge is 0.119 e. The van der Waals surface area contributed by atoms with Crippen LogP contribution in [0.4, 0.5) is 0 Å². The Kier molecular flexibility index (Phi) is 7.46. The third-order valence-electron chi connectivity index (χ3n) is 2.87. The molecule has 0 aromatic heterocycles. The Labute approximate surface area is 110 Å². The largest absolute Gasteiger partial charge is 0.497 e. The topological polar surface area (TPSA) is 30.5 Å². The number of ether oxygens (including phenoxy) is 2. The van der Waals surface area contributed by atoms with Crippen LogP contribution in [0.1, 0.15) is 38.3 Å². The fourth-order valence-corrected chi connectivity index (χ4v) is 1.83. The normalized spacial score (nSPS) is 12.4. The van der Waals surface area contributed by atoms with Crippen molar-refractivity contribution in [2.75, 3.05) is 26.9 Å². The zero-order chi connectivity index (χ0) is 13.2. The average molecular weight is 251 g/mol. The summed E-state index contributed by atoms with van der Waals surface area (Å²) in [5.74, 6) is 0.893. The van der Waals surface area contributed by atoms with E-state index in [-0.39, 0.29) is 6.04 Å². The maximum atomic E-state index is 5.71. The lowest BCUT2D eigenvalue weighted by Gasteiger charge is -2.19. The summed E-state index contributed by atoms with van der Waals surface area (Å²) in [4.78, 5) is 0. The monoisotopic (exact) mass is 251 g/mol. The Morgan fingerprint density at radius 2 is 2.11 bits per heavy atom. The molecule has 0 radical (unpaired) electrons. The van der Waals surface area contributed by atoms with Gasteiger partial charge >= 0.3 is 0 Å². The zero-order valence-corrected chi connectivity index (χ0v) is 11.7. The van der Waals surface area contributed by atoms with Crippen molar-refractivity contribution in [3.63, 3.8) is 0 Å². The van der Waals surface area contributed by atoms with E-state index >= 15 is 0 Å². The van der Waals surface area contributed by atoms with Crippen LogP contribution >= 0.6 is 0 Å². The third kappa shape index (κ3) is 5.07. The van der Waals surface area contributed by atoms with Gasteiger partial charge < -0.3 is 14.8 Å². The summed E-state index contributed by atoms with van der Waals surface area (Å²) in [5.41, 5.74) is 1.22. The first-order valence-corrected chi connectivity index (χ1v) is 6.76. The fourth-order valence-electron chi connectivity index (χ4n) is 1.83. The van der Waals surface area contributed by atoms with E-state index in [0.29, 0.717) is 6.61 Å². The number of rotatable bonds is 9. The Morgan fingerprint density at radius 3 is 2.78 bits per heavy atom. The van der Waals surface area contributed by atoms with Gasteiger partial charge in [0.15, 0.2) is 0 Å². The van der Waals surface area contributed by atoms with Gasteiger partial charge in [0.2, 0.25) is 0 Å². The Balaban J connectivity index is 2.58. The van der Waals surface area contributed by atoms with Crippen molar-refractivity contribution in [3.8, 4) is 5.75 Å². The van der Waals surface area contributed by atoms with Crippen molar-refractivity contribution >= 4 is 0 Å². The van der Waals surface area contributed by atoms with Crippen LogP contribution in [-0.2, 0) is 4.74 Å². The van der Waals surface area contributed by atoms with Crippen LogP contribution in [-0.4, -0.2) is 26.9 Å². The molecule has 0 spiro atoms. The molecular weight excluding hydrogens is 226 g/mol. The summed E-state index contributed by atoms with van der Waals surface area (Å²) < 4.78 is 11.0. The minimum atomic E-state index is 0.238. The molecule has 102 valence electrons. The molecule has 1 aromatic carbocycles. The molecule has 3 nitrogen and oxygen atoms in total. The maximum Gasteiger partial charge on any atom is 0.119 e. The van der Waals surface area contributed by atoms with Gasteiger partial charge in [-0.2, -0.15) is 0 Å². The van der Waals surface area contributed by atoms with E-state index in [1.807, 2.05) is 12.1 Å². The summed E-state index contributed by atoms with van der Waals surface area (Å²) in [5, 5.41) is 3.45. The molecule has 3 heteroatoms. The molecule has 1 rings (SSSR count). The molecule has 0 saturated carbocycles. The van der Waals surface area contributed by atoms with Gasteiger partial charge in [-0.1, -0.05) is 32.4 Å². The number of benzene rings is 1. The van der Waals surface area contributed by atoms with Crippen LogP contribution in [0.5, 0.6) is 5.75 Å². The van der Waals surface area contributed by atoms with E-state index in [2.05, 4.69) is 31.3 Å². The molecule has 1 aromatic rings. The van der Waals surface area contributed by atoms with Gasteiger partial charge in [0.05, 0.1) is 19.8 Å². The molecular formula is C15H25NO2. The molecule has 0 heterocycles. The van der Waals surface area contributed by atoms with Crippen LogP contribution in [0, 0.1) is 0 Å². The zero-order valence-electron chi connectivity index (χ0n) is 11.7. The molecule has 0 aliphatic heterocycles. The number of hydrogen-bond acceptors (Lipinski definition) is 3. The number of unbranched alkanes of at least 4 members (excludes halogenated alkanes) is 1. The fraction of sp³-hybridized carbons (Fsp3) is 0.600. The first kappa shape index (κ1) is 15.0. The molecule has 0 fully saturated rings. The highest BCUT2D eigenvalue weighted by molar-refractivity contribution is 5.30. The van der Waals surface area contributed by atoms with E-state index in [1.54, 1.807) is 7.11 Å². The average Bonchev–Trinajstić information content (AvgIpc) is 2.42. The van der Waals surface area contributed by atoms with Crippen LogP contribution in [0.15, 0.2) is 24.3 Å². The van der Waals surface area contributed by atoms with Gasteiger partial charge in [0.25, 0.3) is 0 Å². The van der Waals surface area contributed by atoms with Crippen LogP contribution in [0.25, 0.3) is 0 Å². The Hall–Kier alpha value is -1.06. The lowest BCUT2D eigenvalue weighted by Crippen LogP contribution is -2.25. The minimum absolute atomic E-state index is 0.238. The number of nitrogens with one attached hydrogen (secondary N) is 1. The molecule has 0 aliphatic rings. The SMILES string of the molecule is CCCCOCC(NCC)c1cccc(OC)c1. The van der Waals surface area contributed by atoms with Gasteiger partial charge in [-0.15, -0.1) is 0 Å². The molecule has 0 saturated heterocycles. The van der Waals surface area contributed by atoms with E-state index in [1.165, 1.54) is 12.0 Å². The first-order valence-electron chi connectivity index (χ1n) is 6.76. The molecule has 0 aliphatic carbocycles. The van der Waals surface area contributed by atoms with Crippen molar-refractivity contribution in [2.24, 2.45) is 0 Å². The molecule has 18 heavy (non-hydrogen) atoms. The summed E-state index contributed by atoms with van der Waals surface area (Å²) in [6, 6.07) is 8.40. The Bertz CT molecular complexity index is 328. The summed E-state index contributed by atoms with van der Waals surface area (Å²) in [7, 11) is 1.69. The van der Waals surface area contributed by atoms with Crippen molar-refractivity contribution in [1.29, 1.82) is 0 Å². The van der Waals surface area contributed by atoms with Crippen LogP contribution in [0.2, 0.25) is 0 Å². The summed E-state index contributed by atoms with van der Waals surface area (Å²) in [6.45, 7) is 6.76. The summed E-state index contributed by atoms with van der Waals surface area (Å²) >= 11 is 0. The second kappa shape index (κ2) is 8.95. The van der Waals surface area contributed by atoms with E-state index in [4.69, 9.17) is 9.47 Å². The third-order valence-corrected chi connectivity index (χ3v) is 2.87. The van der Waals surface area contributed by atoms with E-state index in [0.717, 1.165) is 25.3 Å². The van der Waals surface area contributed by atoms with Gasteiger partial charge in [-0.05, 0) is 30.7 Å². The van der Waals surface area contributed by atoms with Gasteiger partial charge in [0.1, 0.15) is 5.75 Å². The standard InChI is InChI=1S/C15H25NO2/c1-4-6-10-18-12-15(16-5-2)13-8-7-9-14(11-13)17-3/h7-9,11,15-16H,4-6,10,12H2,1-3H3. The minimum Gasteiger partial charge on any atom is -0.497 e. The molecule has 1 N–H and O–H groups in total. The summed E-state index contributed by atoms with van der Waals surface area (Å²) in [6.07, 6.45) is 2.29. The highest BCUT2D eigenvalue weighted by Gasteiger charge is 2.10. The molecule has 1 unspecified atom stereocenters. The van der Waals surface area contributed by atoms with Crippen molar-refractivity contribution < 1.29 is 9.47 Å². The lowest BCUT2D eigenvalue weighted by atomic mass is 10.1. The first-order chi connectivity index (χ1) is 8.81. The molecule has 1 atom stereocenters. The van der Waals surface area contributed by atoms with Crippen LogP contribution < -0.4 is 10.1 Å². The van der Waals surface area contributed by atoms with E-state index < -0.39 is 0 Å². The second-order valence-electron chi connectivity index (χ2n) is 4.32. The highest BCUT2D eigenvalue weighted by Crippen LogP contribution is 2.19. The van der Waals surface area contributed by atoms with E-state index in [9.17, 15) is 0 Å². The maximum absolute atomic E-state index is 5.71.